The molecule has 0 aromatic heterocycles. The summed E-state index contributed by atoms with van der Waals surface area (Å²) in [6.07, 6.45) is 1.21. The number of hydrogen-bond acceptors (Lipinski definition) is 2. The largest absolute Gasteiger partial charge is 0.311 e. The third-order valence-electron chi connectivity index (χ3n) is 2.84. The van der Waals surface area contributed by atoms with Crippen LogP contribution in [0.4, 0.5) is 0 Å². The van der Waals surface area contributed by atoms with Gasteiger partial charge in [-0.25, -0.2) is 0 Å². The molecule has 0 amide bonds. The molecule has 1 aromatic rings. The Labute approximate surface area is 120 Å². The van der Waals surface area contributed by atoms with Gasteiger partial charge in [0.15, 0.2) is 0 Å². The fourth-order valence-corrected chi connectivity index (χ4v) is 2.50. The van der Waals surface area contributed by atoms with Gasteiger partial charge in [-0.2, -0.15) is 0 Å². The molecular formula is C14H22Cl2N2. The fourth-order valence-electron chi connectivity index (χ4n) is 1.93. The SMILES string of the molecule is CCCN(CC)CCNCc1cc(Cl)cc(Cl)c1. The lowest BCUT2D eigenvalue weighted by Gasteiger charge is -2.19. The third-order valence-corrected chi connectivity index (χ3v) is 3.28. The number of nitrogens with zero attached hydrogens (tertiary/aromatic N) is 1. The van der Waals surface area contributed by atoms with Crippen LogP contribution < -0.4 is 5.32 Å². The van der Waals surface area contributed by atoms with E-state index in [4.69, 9.17) is 23.2 Å². The molecule has 0 saturated heterocycles. The summed E-state index contributed by atoms with van der Waals surface area (Å²) in [6, 6.07) is 5.65. The number of nitrogens with one attached hydrogen (secondary N) is 1. The smallest absolute Gasteiger partial charge is 0.0424 e. The van der Waals surface area contributed by atoms with E-state index in [2.05, 4.69) is 24.1 Å². The molecule has 1 rings (SSSR count). The van der Waals surface area contributed by atoms with Gasteiger partial charge >= 0.3 is 0 Å². The summed E-state index contributed by atoms with van der Waals surface area (Å²) in [5.41, 5.74) is 1.13. The van der Waals surface area contributed by atoms with Crippen LogP contribution >= 0.6 is 23.2 Å². The van der Waals surface area contributed by atoms with Crippen molar-refractivity contribution < 1.29 is 0 Å². The molecule has 0 aliphatic carbocycles. The van der Waals surface area contributed by atoms with Crippen molar-refractivity contribution >= 4 is 23.2 Å². The van der Waals surface area contributed by atoms with Crippen molar-refractivity contribution in [3.05, 3.63) is 33.8 Å². The second kappa shape index (κ2) is 8.76. The lowest BCUT2D eigenvalue weighted by molar-refractivity contribution is 0.287. The average molecular weight is 289 g/mol. The molecule has 0 saturated carbocycles. The maximum absolute atomic E-state index is 5.96. The molecule has 1 aromatic carbocycles. The molecule has 0 fully saturated rings. The second-order valence-electron chi connectivity index (χ2n) is 4.39. The van der Waals surface area contributed by atoms with Crippen LogP contribution in [0.15, 0.2) is 18.2 Å². The Morgan fingerprint density at radius 3 is 2.28 bits per heavy atom. The monoisotopic (exact) mass is 288 g/mol. The Morgan fingerprint density at radius 2 is 1.72 bits per heavy atom. The van der Waals surface area contributed by atoms with Gasteiger partial charge in [-0.3, -0.25) is 0 Å². The molecule has 0 unspecified atom stereocenters. The molecule has 0 bridgehead atoms. The highest BCUT2D eigenvalue weighted by molar-refractivity contribution is 6.34. The fraction of sp³-hybridized carbons (Fsp3) is 0.571. The molecule has 18 heavy (non-hydrogen) atoms. The summed E-state index contributed by atoms with van der Waals surface area (Å²) in [7, 11) is 0. The summed E-state index contributed by atoms with van der Waals surface area (Å²) in [5, 5.41) is 4.81. The standard InChI is InChI=1S/C14H22Cl2N2/c1-3-6-18(4-2)7-5-17-11-12-8-13(15)10-14(16)9-12/h8-10,17H,3-7,11H2,1-2H3. The Bertz CT molecular complexity index is 335. The number of hydrogen-bond donors (Lipinski definition) is 1. The Morgan fingerprint density at radius 1 is 1.06 bits per heavy atom. The molecule has 0 spiro atoms. The maximum Gasteiger partial charge on any atom is 0.0424 e. The third kappa shape index (κ3) is 6.05. The Balaban J connectivity index is 2.28. The van der Waals surface area contributed by atoms with E-state index >= 15 is 0 Å². The minimum Gasteiger partial charge on any atom is -0.311 e. The van der Waals surface area contributed by atoms with Crippen molar-refractivity contribution in [3.8, 4) is 0 Å². The van der Waals surface area contributed by atoms with Crippen molar-refractivity contribution in [2.75, 3.05) is 26.2 Å². The van der Waals surface area contributed by atoms with E-state index in [1.165, 1.54) is 13.0 Å². The minimum absolute atomic E-state index is 0.695. The lowest BCUT2D eigenvalue weighted by atomic mass is 10.2. The minimum atomic E-state index is 0.695. The van der Waals surface area contributed by atoms with E-state index < -0.39 is 0 Å². The maximum atomic E-state index is 5.96. The summed E-state index contributed by atoms with van der Waals surface area (Å²) in [4.78, 5) is 2.44. The van der Waals surface area contributed by atoms with Crippen LogP contribution in [-0.4, -0.2) is 31.1 Å². The molecule has 2 nitrogen and oxygen atoms in total. The predicted octanol–water partition coefficient (Wildman–Crippen LogP) is 3.81. The van der Waals surface area contributed by atoms with Crippen LogP contribution in [-0.2, 0) is 6.54 Å². The van der Waals surface area contributed by atoms with Gasteiger partial charge in [-0.05, 0) is 43.3 Å². The van der Waals surface area contributed by atoms with Crippen molar-refractivity contribution in [1.29, 1.82) is 0 Å². The van der Waals surface area contributed by atoms with E-state index in [0.29, 0.717) is 10.0 Å². The first-order valence-electron chi connectivity index (χ1n) is 6.53. The van der Waals surface area contributed by atoms with Gasteiger partial charge in [-0.15, -0.1) is 0 Å². The van der Waals surface area contributed by atoms with Gasteiger partial charge in [0.25, 0.3) is 0 Å². The van der Waals surface area contributed by atoms with Gasteiger partial charge in [0.2, 0.25) is 0 Å². The molecule has 0 aliphatic heterocycles. The van der Waals surface area contributed by atoms with E-state index in [1.54, 1.807) is 6.07 Å². The molecular weight excluding hydrogens is 267 g/mol. The van der Waals surface area contributed by atoms with Gasteiger partial charge in [0.1, 0.15) is 0 Å². The van der Waals surface area contributed by atoms with Crippen molar-refractivity contribution in [1.82, 2.24) is 10.2 Å². The van der Waals surface area contributed by atoms with Crippen LogP contribution in [0.1, 0.15) is 25.8 Å². The van der Waals surface area contributed by atoms with E-state index in [-0.39, 0.29) is 0 Å². The van der Waals surface area contributed by atoms with Gasteiger partial charge < -0.3 is 10.2 Å². The highest BCUT2D eigenvalue weighted by atomic mass is 35.5. The highest BCUT2D eigenvalue weighted by Crippen LogP contribution is 2.18. The molecule has 0 atom stereocenters. The molecule has 4 heteroatoms. The zero-order chi connectivity index (χ0) is 13.4. The Hall–Kier alpha value is -0.280. The zero-order valence-corrected chi connectivity index (χ0v) is 12.7. The Kier molecular flexibility index (Phi) is 7.68. The predicted molar refractivity (Wildman–Crippen MR) is 80.6 cm³/mol. The number of likely N-dealkylation sites (N-methyl/N-ethyl adjacent to an activating group) is 1. The van der Waals surface area contributed by atoms with E-state index in [1.807, 2.05) is 12.1 Å². The number of benzene rings is 1. The van der Waals surface area contributed by atoms with Crippen molar-refractivity contribution in [2.45, 2.75) is 26.8 Å². The average Bonchev–Trinajstić information content (AvgIpc) is 2.32. The van der Waals surface area contributed by atoms with Gasteiger partial charge in [0, 0.05) is 29.7 Å². The van der Waals surface area contributed by atoms with Gasteiger partial charge in [0.05, 0.1) is 0 Å². The first-order valence-corrected chi connectivity index (χ1v) is 7.29. The molecule has 1 N–H and O–H groups in total. The second-order valence-corrected chi connectivity index (χ2v) is 5.26. The van der Waals surface area contributed by atoms with Crippen molar-refractivity contribution in [2.24, 2.45) is 0 Å². The first-order chi connectivity index (χ1) is 8.65. The lowest BCUT2D eigenvalue weighted by Crippen LogP contribution is -2.32. The summed E-state index contributed by atoms with van der Waals surface area (Å²) < 4.78 is 0. The first kappa shape index (κ1) is 15.8. The van der Waals surface area contributed by atoms with Crippen LogP contribution in [0, 0.1) is 0 Å². The zero-order valence-electron chi connectivity index (χ0n) is 11.2. The van der Waals surface area contributed by atoms with E-state index in [9.17, 15) is 0 Å². The van der Waals surface area contributed by atoms with Crippen LogP contribution in [0.3, 0.4) is 0 Å². The van der Waals surface area contributed by atoms with E-state index in [0.717, 1.165) is 31.7 Å². The number of rotatable bonds is 8. The summed E-state index contributed by atoms with van der Waals surface area (Å²) in [6.45, 7) is 9.57. The molecule has 0 heterocycles. The molecule has 102 valence electrons. The quantitative estimate of drug-likeness (QED) is 0.732. The molecule has 0 radical (unpaired) electrons. The van der Waals surface area contributed by atoms with Crippen LogP contribution in [0.2, 0.25) is 10.0 Å². The summed E-state index contributed by atoms with van der Waals surface area (Å²) >= 11 is 11.9. The normalized spacial score (nSPS) is 11.2. The van der Waals surface area contributed by atoms with Gasteiger partial charge in [-0.1, -0.05) is 37.0 Å². The summed E-state index contributed by atoms with van der Waals surface area (Å²) in [5.74, 6) is 0. The molecule has 0 aliphatic rings. The van der Waals surface area contributed by atoms with Crippen LogP contribution in [0.25, 0.3) is 0 Å². The number of halogens is 2. The van der Waals surface area contributed by atoms with Crippen LogP contribution in [0.5, 0.6) is 0 Å². The van der Waals surface area contributed by atoms with Crippen molar-refractivity contribution in [3.63, 3.8) is 0 Å². The highest BCUT2D eigenvalue weighted by Gasteiger charge is 2.01. The topological polar surface area (TPSA) is 15.3 Å².